The van der Waals surface area contributed by atoms with Crippen LogP contribution in [0.3, 0.4) is 0 Å². The first-order chi connectivity index (χ1) is 11.9. The standard InChI is InChI=1S/C20H29N3O2.ClH/c1-13-8-14(2)12-23(11-13)20(25)16-5-4-15(3)18(9-16)22-19(24)17-6-7-21-10-17;/h4-5,9,13-14,17,21H,6-8,10-12H2,1-3H3,(H,22,24);1H. The van der Waals surface area contributed by atoms with Crippen LogP contribution < -0.4 is 10.6 Å². The van der Waals surface area contributed by atoms with Gasteiger partial charge in [-0.1, -0.05) is 19.9 Å². The number of amides is 2. The van der Waals surface area contributed by atoms with Crippen molar-refractivity contribution < 1.29 is 9.59 Å². The summed E-state index contributed by atoms with van der Waals surface area (Å²) >= 11 is 0. The van der Waals surface area contributed by atoms with Gasteiger partial charge >= 0.3 is 0 Å². The van der Waals surface area contributed by atoms with Crippen LogP contribution in [0.1, 0.15) is 42.6 Å². The monoisotopic (exact) mass is 379 g/mol. The van der Waals surface area contributed by atoms with Gasteiger partial charge in [-0.3, -0.25) is 9.59 Å². The third kappa shape index (κ3) is 4.77. The molecule has 144 valence electrons. The van der Waals surface area contributed by atoms with E-state index in [0.717, 1.165) is 43.9 Å². The van der Waals surface area contributed by atoms with Gasteiger partial charge in [0.15, 0.2) is 0 Å². The smallest absolute Gasteiger partial charge is 0.253 e. The van der Waals surface area contributed by atoms with Gasteiger partial charge in [-0.05, 0) is 55.8 Å². The first-order valence-corrected chi connectivity index (χ1v) is 9.35. The Morgan fingerprint density at radius 3 is 2.50 bits per heavy atom. The Kier molecular flexibility index (Phi) is 7.07. The highest BCUT2D eigenvalue weighted by Crippen LogP contribution is 2.25. The predicted octanol–water partition coefficient (Wildman–Crippen LogP) is 3.08. The molecular formula is C20H30ClN3O2. The summed E-state index contributed by atoms with van der Waals surface area (Å²) in [6.07, 6.45) is 2.04. The first kappa shape index (κ1) is 20.7. The minimum Gasteiger partial charge on any atom is -0.338 e. The van der Waals surface area contributed by atoms with Gasteiger partial charge in [0.05, 0.1) is 5.92 Å². The minimum atomic E-state index is 0. The van der Waals surface area contributed by atoms with Gasteiger partial charge in [0.1, 0.15) is 0 Å². The number of carbonyl (C=O) groups is 2. The van der Waals surface area contributed by atoms with Crippen LogP contribution in [-0.4, -0.2) is 42.9 Å². The van der Waals surface area contributed by atoms with E-state index in [0.29, 0.717) is 17.4 Å². The normalized spacial score (nSPS) is 25.5. The Bertz CT molecular complexity index is 648. The Balaban J connectivity index is 0.00000243. The molecule has 2 N–H and O–H groups in total. The molecule has 2 amide bonds. The summed E-state index contributed by atoms with van der Waals surface area (Å²) in [5.74, 6) is 1.19. The van der Waals surface area contributed by atoms with Crippen LogP contribution in [0.2, 0.25) is 0 Å². The van der Waals surface area contributed by atoms with E-state index in [9.17, 15) is 9.59 Å². The van der Waals surface area contributed by atoms with Gasteiger partial charge in [-0.2, -0.15) is 0 Å². The molecule has 1 aromatic carbocycles. The van der Waals surface area contributed by atoms with Gasteiger partial charge in [0.25, 0.3) is 5.91 Å². The fraction of sp³-hybridized carbons (Fsp3) is 0.600. The number of carbonyl (C=O) groups excluding carboxylic acids is 2. The molecule has 3 unspecified atom stereocenters. The largest absolute Gasteiger partial charge is 0.338 e. The van der Waals surface area contributed by atoms with Gasteiger partial charge in [-0.15, -0.1) is 12.4 Å². The average Bonchev–Trinajstić information content (AvgIpc) is 3.10. The Morgan fingerprint density at radius 2 is 1.88 bits per heavy atom. The Labute approximate surface area is 162 Å². The van der Waals surface area contributed by atoms with E-state index in [1.165, 1.54) is 6.42 Å². The van der Waals surface area contributed by atoms with Crippen molar-refractivity contribution in [1.29, 1.82) is 0 Å². The van der Waals surface area contributed by atoms with E-state index < -0.39 is 0 Å². The number of likely N-dealkylation sites (tertiary alicyclic amines) is 1. The van der Waals surface area contributed by atoms with Crippen LogP contribution in [0.25, 0.3) is 0 Å². The summed E-state index contributed by atoms with van der Waals surface area (Å²) in [5.41, 5.74) is 2.39. The lowest BCUT2D eigenvalue weighted by Crippen LogP contribution is -2.42. The molecule has 2 saturated heterocycles. The lowest BCUT2D eigenvalue weighted by Gasteiger charge is -2.35. The zero-order valence-corrected chi connectivity index (χ0v) is 16.7. The number of anilines is 1. The number of hydrogen-bond acceptors (Lipinski definition) is 3. The Morgan fingerprint density at radius 1 is 1.19 bits per heavy atom. The molecule has 5 nitrogen and oxygen atoms in total. The van der Waals surface area contributed by atoms with E-state index in [-0.39, 0.29) is 30.1 Å². The highest BCUT2D eigenvalue weighted by molar-refractivity contribution is 5.98. The zero-order chi connectivity index (χ0) is 18.0. The van der Waals surface area contributed by atoms with Crippen LogP contribution >= 0.6 is 12.4 Å². The number of nitrogens with one attached hydrogen (secondary N) is 2. The van der Waals surface area contributed by atoms with Crippen LogP contribution in [-0.2, 0) is 4.79 Å². The molecule has 0 spiro atoms. The molecule has 26 heavy (non-hydrogen) atoms. The zero-order valence-electron chi connectivity index (χ0n) is 15.9. The van der Waals surface area contributed by atoms with Crippen LogP contribution in [0.4, 0.5) is 5.69 Å². The molecule has 2 aliphatic rings. The number of benzene rings is 1. The van der Waals surface area contributed by atoms with Gasteiger partial charge in [0.2, 0.25) is 5.91 Å². The van der Waals surface area contributed by atoms with Crippen molar-refractivity contribution in [1.82, 2.24) is 10.2 Å². The second-order valence-corrected chi connectivity index (χ2v) is 7.86. The topological polar surface area (TPSA) is 61.4 Å². The highest BCUT2D eigenvalue weighted by Gasteiger charge is 2.27. The second-order valence-electron chi connectivity index (χ2n) is 7.86. The molecule has 2 heterocycles. The Hall–Kier alpha value is -1.59. The molecule has 0 bridgehead atoms. The van der Waals surface area contributed by atoms with E-state index in [2.05, 4.69) is 24.5 Å². The molecule has 6 heteroatoms. The average molecular weight is 380 g/mol. The van der Waals surface area contributed by atoms with E-state index in [4.69, 9.17) is 0 Å². The molecule has 2 fully saturated rings. The molecule has 3 atom stereocenters. The summed E-state index contributed by atoms with van der Waals surface area (Å²) < 4.78 is 0. The maximum Gasteiger partial charge on any atom is 0.253 e. The molecular weight excluding hydrogens is 350 g/mol. The van der Waals surface area contributed by atoms with Crippen LogP contribution in [0, 0.1) is 24.7 Å². The third-order valence-corrected chi connectivity index (χ3v) is 5.33. The van der Waals surface area contributed by atoms with Crippen molar-refractivity contribution in [2.45, 2.75) is 33.6 Å². The third-order valence-electron chi connectivity index (χ3n) is 5.33. The predicted molar refractivity (Wildman–Crippen MR) is 107 cm³/mol. The molecule has 0 aliphatic carbocycles. The van der Waals surface area contributed by atoms with E-state index in [1.807, 2.05) is 30.0 Å². The minimum absolute atomic E-state index is 0. The van der Waals surface area contributed by atoms with Crippen LogP contribution in [0.15, 0.2) is 18.2 Å². The maximum atomic E-state index is 12.9. The lowest BCUT2D eigenvalue weighted by molar-refractivity contribution is -0.119. The van der Waals surface area contributed by atoms with Gasteiger partial charge < -0.3 is 15.5 Å². The van der Waals surface area contributed by atoms with Gasteiger partial charge in [0, 0.05) is 30.9 Å². The lowest BCUT2D eigenvalue weighted by atomic mass is 9.91. The number of aryl methyl sites for hydroxylation is 1. The molecule has 0 radical (unpaired) electrons. The van der Waals surface area contributed by atoms with Crippen molar-refractivity contribution in [3.63, 3.8) is 0 Å². The summed E-state index contributed by atoms with van der Waals surface area (Å²) in [5, 5.41) is 6.23. The number of rotatable bonds is 3. The number of piperidine rings is 1. The SMILES string of the molecule is Cc1ccc(C(=O)N2CC(C)CC(C)C2)cc1NC(=O)C1CCNC1.Cl. The summed E-state index contributed by atoms with van der Waals surface area (Å²) in [6, 6.07) is 5.63. The number of nitrogens with zero attached hydrogens (tertiary/aromatic N) is 1. The van der Waals surface area contributed by atoms with Crippen molar-refractivity contribution in [3.05, 3.63) is 29.3 Å². The van der Waals surface area contributed by atoms with Crippen molar-refractivity contribution in [3.8, 4) is 0 Å². The summed E-state index contributed by atoms with van der Waals surface area (Å²) in [7, 11) is 0. The summed E-state index contributed by atoms with van der Waals surface area (Å²) in [4.78, 5) is 27.2. The molecule has 0 saturated carbocycles. The highest BCUT2D eigenvalue weighted by atomic mass is 35.5. The van der Waals surface area contributed by atoms with E-state index in [1.54, 1.807) is 0 Å². The van der Waals surface area contributed by atoms with Crippen LogP contribution in [0.5, 0.6) is 0 Å². The molecule has 0 aromatic heterocycles. The fourth-order valence-electron chi connectivity index (χ4n) is 4.01. The molecule has 1 aromatic rings. The molecule has 2 aliphatic heterocycles. The van der Waals surface area contributed by atoms with Gasteiger partial charge in [-0.25, -0.2) is 0 Å². The number of hydrogen-bond donors (Lipinski definition) is 2. The number of halogens is 1. The quantitative estimate of drug-likeness (QED) is 0.848. The first-order valence-electron chi connectivity index (χ1n) is 9.35. The summed E-state index contributed by atoms with van der Waals surface area (Å²) in [6.45, 7) is 9.60. The maximum absolute atomic E-state index is 12.9. The van der Waals surface area contributed by atoms with E-state index >= 15 is 0 Å². The van der Waals surface area contributed by atoms with Crippen molar-refractivity contribution in [2.24, 2.45) is 17.8 Å². The van der Waals surface area contributed by atoms with Crippen molar-refractivity contribution >= 4 is 29.9 Å². The second kappa shape index (κ2) is 8.87. The van der Waals surface area contributed by atoms with Crippen molar-refractivity contribution in [2.75, 3.05) is 31.5 Å². The molecule has 3 rings (SSSR count). The fourth-order valence-corrected chi connectivity index (χ4v) is 4.01.